The SMILES string of the molecule is O=C1c2c(sc3c2CCCC3)N[C@@]2(C(=O)N(Cc3c(Cl)cccc3Cl)c3ccccc32)N1CCc1ccccc1. The Hall–Kier alpha value is -3.32. The molecule has 0 saturated carbocycles. The van der Waals surface area contributed by atoms with Crippen LogP contribution in [0, 0.1) is 0 Å². The molecule has 1 aliphatic carbocycles. The Morgan fingerprint density at radius 1 is 0.875 bits per heavy atom. The third-order valence-electron chi connectivity index (χ3n) is 8.31. The van der Waals surface area contributed by atoms with Gasteiger partial charge in [0, 0.05) is 32.6 Å². The van der Waals surface area contributed by atoms with Crippen molar-refractivity contribution in [2.45, 2.75) is 44.3 Å². The summed E-state index contributed by atoms with van der Waals surface area (Å²) in [7, 11) is 0. The van der Waals surface area contributed by atoms with Crippen molar-refractivity contribution >= 4 is 57.0 Å². The number of anilines is 2. The van der Waals surface area contributed by atoms with Crippen molar-refractivity contribution in [1.82, 2.24) is 4.90 Å². The number of aryl methyl sites for hydroxylation is 1. The van der Waals surface area contributed by atoms with Gasteiger partial charge in [-0.3, -0.25) is 9.59 Å². The Labute approximate surface area is 247 Å². The molecule has 3 aromatic carbocycles. The molecule has 4 aromatic rings. The number of hydrogen-bond donors (Lipinski definition) is 1. The van der Waals surface area contributed by atoms with Crippen LogP contribution in [-0.4, -0.2) is 23.3 Å². The van der Waals surface area contributed by atoms with Crippen LogP contribution < -0.4 is 10.2 Å². The fraction of sp³-hybridized carbons (Fsp3) is 0.250. The van der Waals surface area contributed by atoms with E-state index in [0.29, 0.717) is 28.6 Å². The number of carbonyl (C=O) groups excluding carboxylic acids is 2. The first-order chi connectivity index (χ1) is 19.5. The van der Waals surface area contributed by atoms with Crippen LogP contribution in [-0.2, 0) is 36.3 Å². The first-order valence-corrected chi connectivity index (χ1v) is 15.2. The molecule has 1 atom stereocenters. The van der Waals surface area contributed by atoms with Crippen LogP contribution in [0.15, 0.2) is 72.8 Å². The number of para-hydroxylation sites is 1. The predicted octanol–water partition coefficient (Wildman–Crippen LogP) is 7.44. The van der Waals surface area contributed by atoms with E-state index < -0.39 is 5.66 Å². The molecule has 40 heavy (non-hydrogen) atoms. The molecule has 8 heteroatoms. The quantitative estimate of drug-likeness (QED) is 0.264. The topological polar surface area (TPSA) is 52.7 Å². The van der Waals surface area contributed by atoms with Crippen LogP contribution in [0.2, 0.25) is 10.0 Å². The number of hydrogen-bond acceptors (Lipinski definition) is 4. The van der Waals surface area contributed by atoms with Crippen LogP contribution in [0.3, 0.4) is 0 Å². The monoisotopic (exact) mass is 587 g/mol. The highest BCUT2D eigenvalue weighted by Crippen LogP contribution is 2.52. The van der Waals surface area contributed by atoms with Crippen molar-refractivity contribution in [3.05, 3.63) is 116 Å². The second-order valence-electron chi connectivity index (χ2n) is 10.6. The van der Waals surface area contributed by atoms with Gasteiger partial charge in [0.25, 0.3) is 11.8 Å². The summed E-state index contributed by atoms with van der Waals surface area (Å²) < 4.78 is 0. The third kappa shape index (κ3) is 3.88. The van der Waals surface area contributed by atoms with E-state index in [4.69, 9.17) is 23.2 Å². The van der Waals surface area contributed by atoms with Gasteiger partial charge in [0.1, 0.15) is 5.00 Å². The molecule has 202 valence electrons. The summed E-state index contributed by atoms with van der Waals surface area (Å²) in [5, 5.41) is 5.46. The van der Waals surface area contributed by atoms with E-state index in [1.54, 1.807) is 39.3 Å². The first kappa shape index (κ1) is 25.6. The van der Waals surface area contributed by atoms with Crippen LogP contribution in [0.25, 0.3) is 0 Å². The van der Waals surface area contributed by atoms with Gasteiger partial charge in [-0.2, -0.15) is 0 Å². The number of halogens is 2. The van der Waals surface area contributed by atoms with E-state index in [1.807, 2.05) is 42.5 Å². The van der Waals surface area contributed by atoms with Gasteiger partial charge in [0.05, 0.1) is 17.8 Å². The van der Waals surface area contributed by atoms with E-state index in [2.05, 4.69) is 17.4 Å². The average molecular weight is 589 g/mol. The Kier molecular flexibility index (Phi) is 6.38. The van der Waals surface area contributed by atoms with Crippen LogP contribution in [0.5, 0.6) is 0 Å². The van der Waals surface area contributed by atoms with Crippen LogP contribution >= 0.6 is 34.5 Å². The Morgan fingerprint density at radius 3 is 2.40 bits per heavy atom. The highest BCUT2D eigenvalue weighted by molar-refractivity contribution is 7.16. The maximum Gasteiger partial charge on any atom is 0.279 e. The molecule has 3 aliphatic rings. The minimum Gasteiger partial charge on any atom is -0.342 e. The minimum atomic E-state index is -1.36. The molecule has 2 aliphatic heterocycles. The highest BCUT2D eigenvalue weighted by atomic mass is 35.5. The zero-order valence-electron chi connectivity index (χ0n) is 21.8. The standard InChI is InChI=1S/C32H27Cl2N3O2S/c33-24-13-8-14-25(34)22(24)19-36-26-15-6-5-12-23(26)32(31(36)39)35-29-28(21-11-4-7-16-27(21)40-29)30(38)37(32)18-17-20-9-2-1-3-10-20/h1-3,5-6,8-10,12-15,35H,4,7,11,16-19H2/t32-/m1/s1. The number of nitrogens with zero attached hydrogens (tertiary/aromatic N) is 2. The number of fused-ring (bicyclic) bond motifs is 5. The van der Waals surface area contributed by atoms with Crippen molar-refractivity contribution in [3.63, 3.8) is 0 Å². The van der Waals surface area contributed by atoms with Crippen molar-refractivity contribution in [2.75, 3.05) is 16.8 Å². The molecule has 5 nitrogen and oxygen atoms in total. The molecule has 2 amide bonds. The second-order valence-corrected chi connectivity index (χ2v) is 12.5. The van der Waals surface area contributed by atoms with Crippen LogP contribution in [0.1, 0.15) is 50.3 Å². The molecule has 0 unspecified atom stereocenters. The largest absolute Gasteiger partial charge is 0.342 e. The van der Waals surface area contributed by atoms with Gasteiger partial charge in [-0.05, 0) is 61.4 Å². The molecule has 0 radical (unpaired) electrons. The molecule has 0 saturated heterocycles. The molecule has 1 spiro atoms. The van der Waals surface area contributed by atoms with Crippen molar-refractivity contribution in [2.24, 2.45) is 0 Å². The van der Waals surface area contributed by atoms with Gasteiger partial charge in [0.2, 0.25) is 5.66 Å². The molecule has 1 aromatic heterocycles. The third-order valence-corrected chi connectivity index (χ3v) is 10.2. The molecule has 3 heterocycles. The summed E-state index contributed by atoms with van der Waals surface area (Å²) in [4.78, 5) is 34.1. The Bertz CT molecular complexity index is 1630. The Morgan fingerprint density at radius 2 is 1.60 bits per heavy atom. The van der Waals surface area contributed by atoms with Gasteiger partial charge in [-0.1, -0.05) is 77.8 Å². The van der Waals surface area contributed by atoms with Crippen molar-refractivity contribution in [3.8, 4) is 0 Å². The van der Waals surface area contributed by atoms with E-state index in [-0.39, 0.29) is 18.4 Å². The summed E-state index contributed by atoms with van der Waals surface area (Å²) in [6, 6.07) is 23.2. The Balaban J connectivity index is 1.38. The fourth-order valence-electron chi connectivity index (χ4n) is 6.37. The fourth-order valence-corrected chi connectivity index (χ4v) is 8.22. The minimum absolute atomic E-state index is 0.0788. The summed E-state index contributed by atoms with van der Waals surface area (Å²) in [6.07, 6.45) is 4.70. The number of thiophene rings is 1. The summed E-state index contributed by atoms with van der Waals surface area (Å²) in [5.74, 6) is -0.284. The molecule has 1 N–H and O–H groups in total. The lowest BCUT2D eigenvalue weighted by molar-refractivity contribution is -0.127. The predicted molar refractivity (Wildman–Crippen MR) is 162 cm³/mol. The van der Waals surface area contributed by atoms with E-state index in [1.165, 1.54) is 4.88 Å². The highest BCUT2D eigenvalue weighted by Gasteiger charge is 2.59. The lowest BCUT2D eigenvalue weighted by Gasteiger charge is -2.44. The zero-order chi connectivity index (χ0) is 27.4. The summed E-state index contributed by atoms with van der Waals surface area (Å²) >= 11 is 14.7. The molecule has 0 bridgehead atoms. The number of carbonyl (C=O) groups is 2. The van der Waals surface area contributed by atoms with Crippen LogP contribution in [0.4, 0.5) is 10.7 Å². The second kappa shape index (κ2) is 9.95. The zero-order valence-corrected chi connectivity index (χ0v) is 24.1. The lowest BCUT2D eigenvalue weighted by atomic mass is 9.90. The summed E-state index contributed by atoms with van der Waals surface area (Å²) in [6.45, 7) is 0.590. The molecular weight excluding hydrogens is 561 g/mol. The molecule has 0 fully saturated rings. The number of benzene rings is 3. The van der Waals surface area contributed by atoms with Crippen molar-refractivity contribution < 1.29 is 9.59 Å². The summed E-state index contributed by atoms with van der Waals surface area (Å²) in [5.41, 5.74) is 3.84. The lowest BCUT2D eigenvalue weighted by Crippen LogP contribution is -2.62. The molecule has 7 rings (SSSR count). The number of nitrogens with one attached hydrogen (secondary N) is 1. The molecular formula is C32H27Cl2N3O2S. The average Bonchev–Trinajstić information content (AvgIpc) is 3.45. The van der Waals surface area contributed by atoms with Gasteiger partial charge < -0.3 is 15.1 Å². The van der Waals surface area contributed by atoms with Gasteiger partial charge in [0.15, 0.2) is 0 Å². The van der Waals surface area contributed by atoms with Gasteiger partial charge in [-0.15, -0.1) is 11.3 Å². The number of rotatable bonds is 5. The maximum atomic E-state index is 14.8. The maximum absolute atomic E-state index is 14.8. The number of amides is 2. The smallest absolute Gasteiger partial charge is 0.279 e. The van der Waals surface area contributed by atoms with Gasteiger partial charge >= 0.3 is 0 Å². The van der Waals surface area contributed by atoms with E-state index in [9.17, 15) is 9.59 Å². The van der Waals surface area contributed by atoms with Gasteiger partial charge in [-0.25, -0.2) is 0 Å². The van der Waals surface area contributed by atoms with E-state index >= 15 is 0 Å². The van der Waals surface area contributed by atoms with E-state index in [0.717, 1.165) is 58.6 Å². The van der Waals surface area contributed by atoms with Crippen molar-refractivity contribution in [1.29, 1.82) is 0 Å². The first-order valence-electron chi connectivity index (χ1n) is 13.6. The normalized spacial score (nSPS) is 19.4.